The first kappa shape index (κ1) is 14.1. The van der Waals surface area contributed by atoms with Crippen molar-refractivity contribution in [2.45, 2.75) is 63.7 Å². The fourth-order valence-corrected chi connectivity index (χ4v) is 4.29. The van der Waals surface area contributed by atoms with Crippen LogP contribution in [0.15, 0.2) is 0 Å². The zero-order valence-corrected chi connectivity index (χ0v) is 12.2. The summed E-state index contributed by atoms with van der Waals surface area (Å²) in [4.78, 5) is 12.0. The van der Waals surface area contributed by atoms with Crippen molar-refractivity contribution in [3.05, 3.63) is 0 Å². The molecule has 1 spiro atoms. The lowest BCUT2D eigenvalue weighted by Crippen LogP contribution is -2.72. The normalized spacial score (nSPS) is 34.8. The summed E-state index contributed by atoms with van der Waals surface area (Å²) in [5, 5.41) is 15.6. The van der Waals surface area contributed by atoms with Gasteiger partial charge >= 0.3 is 6.03 Å². The second-order valence-corrected chi connectivity index (χ2v) is 6.61. The first-order valence-electron chi connectivity index (χ1n) is 8.01. The first-order chi connectivity index (χ1) is 9.67. The van der Waals surface area contributed by atoms with Gasteiger partial charge in [0.25, 0.3) is 0 Å². The van der Waals surface area contributed by atoms with Crippen molar-refractivity contribution in [2.75, 3.05) is 13.2 Å². The maximum atomic E-state index is 12.0. The van der Waals surface area contributed by atoms with Crippen molar-refractivity contribution >= 4 is 6.03 Å². The monoisotopic (exact) mass is 282 g/mol. The van der Waals surface area contributed by atoms with E-state index in [1.54, 1.807) is 0 Å². The molecular formula is C15H26N2O3. The van der Waals surface area contributed by atoms with Crippen molar-refractivity contribution in [1.82, 2.24) is 10.6 Å². The van der Waals surface area contributed by atoms with Gasteiger partial charge in [0.1, 0.15) is 0 Å². The molecule has 4 unspecified atom stereocenters. The van der Waals surface area contributed by atoms with Gasteiger partial charge in [-0.3, -0.25) is 0 Å². The third kappa shape index (κ3) is 2.21. The van der Waals surface area contributed by atoms with Gasteiger partial charge in [0.05, 0.1) is 12.2 Å². The number of urea groups is 1. The summed E-state index contributed by atoms with van der Waals surface area (Å²) in [6, 6.07) is 0.133. The molecule has 5 heteroatoms. The van der Waals surface area contributed by atoms with E-state index >= 15 is 0 Å². The molecule has 0 radical (unpaired) electrons. The van der Waals surface area contributed by atoms with Gasteiger partial charge < -0.3 is 20.5 Å². The number of hydrogen-bond donors (Lipinski definition) is 3. The fourth-order valence-electron chi connectivity index (χ4n) is 4.29. The Kier molecular flexibility index (Phi) is 3.91. The van der Waals surface area contributed by atoms with E-state index < -0.39 is 6.10 Å². The topological polar surface area (TPSA) is 70.6 Å². The highest BCUT2D eigenvalue weighted by Crippen LogP contribution is 2.62. The van der Waals surface area contributed by atoms with Gasteiger partial charge in [0.15, 0.2) is 0 Å². The maximum absolute atomic E-state index is 12.0. The van der Waals surface area contributed by atoms with Crippen molar-refractivity contribution in [2.24, 2.45) is 11.3 Å². The predicted molar refractivity (Wildman–Crippen MR) is 75.4 cm³/mol. The van der Waals surface area contributed by atoms with E-state index in [2.05, 4.69) is 10.6 Å². The molecule has 2 amide bonds. The quantitative estimate of drug-likeness (QED) is 0.714. The Morgan fingerprint density at radius 1 is 1.50 bits per heavy atom. The number of fused-ring (bicyclic) bond motifs is 2. The molecule has 1 saturated heterocycles. The molecule has 1 heterocycles. The van der Waals surface area contributed by atoms with Gasteiger partial charge in [-0.2, -0.15) is 0 Å². The van der Waals surface area contributed by atoms with Crippen LogP contribution in [0.3, 0.4) is 0 Å². The molecule has 2 saturated carbocycles. The van der Waals surface area contributed by atoms with E-state index in [0.29, 0.717) is 18.6 Å². The summed E-state index contributed by atoms with van der Waals surface area (Å²) >= 11 is 0. The van der Waals surface area contributed by atoms with Crippen LogP contribution in [0.4, 0.5) is 4.79 Å². The fraction of sp³-hybridized carbons (Fsp3) is 0.933. The molecule has 0 bridgehead atoms. The number of carbonyl (C=O) groups is 1. The number of amides is 2. The molecule has 3 N–H and O–H groups in total. The van der Waals surface area contributed by atoms with Crippen LogP contribution in [-0.4, -0.2) is 42.5 Å². The number of nitrogens with one attached hydrogen (secondary N) is 2. The number of ether oxygens (including phenoxy) is 1. The van der Waals surface area contributed by atoms with Crippen LogP contribution in [-0.2, 0) is 4.74 Å². The van der Waals surface area contributed by atoms with Crippen LogP contribution in [0.2, 0.25) is 0 Å². The highest BCUT2D eigenvalue weighted by molar-refractivity contribution is 5.74. The van der Waals surface area contributed by atoms with E-state index in [1.807, 2.05) is 6.92 Å². The molecule has 0 aromatic rings. The maximum Gasteiger partial charge on any atom is 0.315 e. The predicted octanol–water partition coefficient (Wildman–Crippen LogP) is 1.40. The number of rotatable bonds is 5. The Labute approximate surface area is 120 Å². The average molecular weight is 282 g/mol. The lowest BCUT2D eigenvalue weighted by molar-refractivity contribution is -0.172. The number of aliphatic hydroxyl groups excluding tert-OH is 1. The molecule has 20 heavy (non-hydrogen) atoms. The summed E-state index contributed by atoms with van der Waals surface area (Å²) in [6.07, 6.45) is 6.27. The van der Waals surface area contributed by atoms with E-state index in [9.17, 15) is 9.90 Å². The van der Waals surface area contributed by atoms with Crippen LogP contribution in [0.1, 0.15) is 45.4 Å². The Balaban J connectivity index is 1.49. The lowest BCUT2D eigenvalue weighted by Gasteiger charge is -2.63. The van der Waals surface area contributed by atoms with Crippen LogP contribution < -0.4 is 10.6 Å². The van der Waals surface area contributed by atoms with E-state index in [-0.39, 0.29) is 17.5 Å². The molecule has 2 aliphatic carbocycles. The van der Waals surface area contributed by atoms with Gasteiger partial charge in [-0.15, -0.1) is 0 Å². The summed E-state index contributed by atoms with van der Waals surface area (Å²) < 4.78 is 5.84. The highest BCUT2D eigenvalue weighted by atomic mass is 16.5. The van der Waals surface area contributed by atoms with Crippen LogP contribution in [0.5, 0.6) is 0 Å². The third-order valence-electron chi connectivity index (χ3n) is 5.44. The van der Waals surface area contributed by atoms with Crippen molar-refractivity contribution in [3.8, 4) is 0 Å². The standard InChI is InChI=1S/C15H26N2O3/c1-2-4-10(18)9-16-14(19)17-12-11-5-8-20-13(11)15(12)6-3-7-15/h10-13,18H,2-9H2,1H3,(H2,16,17,19). The minimum Gasteiger partial charge on any atom is -0.391 e. The minimum absolute atomic E-state index is 0.137. The lowest BCUT2D eigenvalue weighted by atomic mass is 9.46. The van der Waals surface area contributed by atoms with Gasteiger partial charge in [-0.05, 0) is 25.7 Å². The Bertz CT molecular complexity index is 370. The minimum atomic E-state index is -0.438. The molecular weight excluding hydrogens is 256 g/mol. The summed E-state index contributed by atoms with van der Waals surface area (Å²) in [5.41, 5.74) is 0.223. The van der Waals surface area contributed by atoms with Crippen molar-refractivity contribution < 1.29 is 14.6 Å². The summed E-state index contributed by atoms with van der Waals surface area (Å²) in [7, 11) is 0. The van der Waals surface area contributed by atoms with Crippen LogP contribution >= 0.6 is 0 Å². The SMILES string of the molecule is CCCC(O)CNC(=O)NC1C2CCOC2C12CCC2. The smallest absolute Gasteiger partial charge is 0.315 e. The van der Waals surface area contributed by atoms with E-state index in [0.717, 1.165) is 25.9 Å². The van der Waals surface area contributed by atoms with Crippen LogP contribution in [0.25, 0.3) is 0 Å². The average Bonchev–Trinajstić information content (AvgIpc) is 2.77. The molecule has 3 rings (SSSR count). The van der Waals surface area contributed by atoms with E-state index in [1.165, 1.54) is 19.3 Å². The summed E-state index contributed by atoms with van der Waals surface area (Å²) in [6.45, 7) is 3.20. The molecule has 0 aromatic carbocycles. The van der Waals surface area contributed by atoms with Crippen molar-refractivity contribution in [3.63, 3.8) is 0 Å². The number of aliphatic hydroxyl groups is 1. The molecule has 4 atom stereocenters. The molecule has 1 aliphatic heterocycles. The Morgan fingerprint density at radius 3 is 2.95 bits per heavy atom. The number of hydrogen-bond acceptors (Lipinski definition) is 3. The van der Waals surface area contributed by atoms with Gasteiger partial charge in [-0.1, -0.05) is 19.8 Å². The molecule has 0 aromatic heterocycles. The third-order valence-corrected chi connectivity index (χ3v) is 5.44. The molecule has 3 fully saturated rings. The Morgan fingerprint density at radius 2 is 2.30 bits per heavy atom. The second-order valence-electron chi connectivity index (χ2n) is 6.61. The zero-order chi connectivity index (χ0) is 14.2. The van der Waals surface area contributed by atoms with Crippen molar-refractivity contribution in [1.29, 1.82) is 0 Å². The highest BCUT2D eigenvalue weighted by Gasteiger charge is 2.66. The summed E-state index contributed by atoms with van der Waals surface area (Å²) in [5.74, 6) is 0.501. The molecule has 5 nitrogen and oxygen atoms in total. The van der Waals surface area contributed by atoms with Gasteiger partial charge in [0.2, 0.25) is 0 Å². The van der Waals surface area contributed by atoms with E-state index in [4.69, 9.17) is 4.74 Å². The largest absolute Gasteiger partial charge is 0.391 e. The second kappa shape index (κ2) is 5.53. The number of carbonyl (C=O) groups excluding carboxylic acids is 1. The van der Waals surface area contributed by atoms with Crippen LogP contribution in [0, 0.1) is 11.3 Å². The molecule has 114 valence electrons. The first-order valence-corrected chi connectivity index (χ1v) is 8.01. The zero-order valence-electron chi connectivity index (χ0n) is 12.2. The Hall–Kier alpha value is -0.810. The van der Waals surface area contributed by atoms with Gasteiger partial charge in [0, 0.05) is 30.5 Å². The molecule has 3 aliphatic rings. The van der Waals surface area contributed by atoms with Gasteiger partial charge in [-0.25, -0.2) is 4.79 Å².